The van der Waals surface area contributed by atoms with E-state index >= 15 is 0 Å². The Morgan fingerprint density at radius 2 is 1.86 bits per heavy atom. The predicted octanol–water partition coefficient (Wildman–Crippen LogP) is 3.80. The largest absolute Gasteiger partial charge is 0.497 e. The molecule has 0 fully saturated rings. The fourth-order valence-electron chi connectivity index (χ4n) is 2.39. The summed E-state index contributed by atoms with van der Waals surface area (Å²) in [6.07, 6.45) is 0.0198. The second kappa shape index (κ2) is 9.75. The van der Waals surface area contributed by atoms with Gasteiger partial charge in [0.2, 0.25) is 5.91 Å². The van der Waals surface area contributed by atoms with E-state index in [2.05, 4.69) is 15.8 Å². The molecule has 28 heavy (non-hydrogen) atoms. The number of methoxy groups -OCH3 is 2. The second-order valence-electron chi connectivity index (χ2n) is 6.04. The molecule has 0 bridgehead atoms. The smallest absolute Gasteiger partial charge is 0.275 e. The Labute approximate surface area is 168 Å². The molecule has 0 unspecified atom stereocenters. The molecule has 0 aliphatic rings. The highest BCUT2D eigenvalue weighted by molar-refractivity contribution is 6.31. The highest BCUT2D eigenvalue weighted by Crippen LogP contribution is 2.24. The number of hydrogen-bond donors (Lipinski definition) is 2. The molecule has 2 N–H and O–H groups in total. The van der Waals surface area contributed by atoms with Crippen molar-refractivity contribution in [2.45, 2.75) is 20.3 Å². The van der Waals surface area contributed by atoms with Gasteiger partial charge in [-0.25, -0.2) is 5.43 Å². The Kier molecular flexibility index (Phi) is 7.40. The maximum Gasteiger partial charge on any atom is 0.275 e. The van der Waals surface area contributed by atoms with Gasteiger partial charge >= 0.3 is 0 Å². The van der Waals surface area contributed by atoms with E-state index in [9.17, 15) is 9.59 Å². The fourth-order valence-corrected chi connectivity index (χ4v) is 2.56. The van der Waals surface area contributed by atoms with Crippen LogP contribution in [0.25, 0.3) is 0 Å². The first kappa shape index (κ1) is 21.2. The topological polar surface area (TPSA) is 89.0 Å². The highest BCUT2D eigenvalue weighted by Gasteiger charge is 2.13. The number of rotatable bonds is 7. The molecule has 7 nitrogen and oxygen atoms in total. The van der Waals surface area contributed by atoms with Crippen LogP contribution in [0.15, 0.2) is 41.5 Å². The van der Waals surface area contributed by atoms with Crippen LogP contribution in [0.4, 0.5) is 5.69 Å². The lowest BCUT2D eigenvalue weighted by molar-refractivity contribution is -0.115. The van der Waals surface area contributed by atoms with Gasteiger partial charge in [-0.2, -0.15) is 5.10 Å². The molecule has 0 aromatic heterocycles. The van der Waals surface area contributed by atoms with E-state index in [1.165, 1.54) is 14.2 Å². The number of halogens is 1. The number of nitrogens with zero attached hydrogens (tertiary/aromatic N) is 1. The van der Waals surface area contributed by atoms with Crippen LogP contribution in [0.3, 0.4) is 0 Å². The van der Waals surface area contributed by atoms with Gasteiger partial charge in [-0.05, 0) is 43.7 Å². The lowest BCUT2D eigenvalue weighted by Crippen LogP contribution is -2.22. The van der Waals surface area contributed by atoms with E-state index in [1.807, 2.05) is 13.0 Å². The number of aryl methyl sites for hydroxylation is 1. The van der Waals surface area contributed by atoms with Crippen LogP contribution in [0.2, 0.25) is 5.02 Å². The zero-order valence-electron chi connectivity index (χ0n) is 16.1. The van der Waals surface area contributed by atoms with Crippen molar-refractivity contribution in [3.8, 4) is 11.5 Å². The summed E-state index contributed by atoms with van der Waals surface area (Å²) in [4.78, 5) is 24.5. The maximum absolute atomic E-state index is 12.3. The minimum atomic E-state index is -0.454. The molecule has 0 atom stereocenters. The summed E-state index contributed by atoms with van der Waals surface area (Å²) in [7, 11) is 2.99. The third-order valence-corrected chi connectivity index (χ3v) is 4.13. The zero-order valence-corrected chi connectivity index (χ0v) is 16.9. The molecule has 2 aromatic carbocycles. The van der Waals surface area contributed by atoms with Crippen molar-refractivity contribution in [1.29, 1.82) is 0 Å². The first-order valence-corrected chi connectivity index (χ1v) is 8.83. The highest BCUT2D eigenvalue weighted by atomic mass is 35.5. The van der Waals surface area contributed by atoms with Crippen LogP contribution in [0, 0.1) is 6.92 Å². The van der Waals surface area contributed by atoms with Crippen LogP contribution in [0.5, 0.6) is 11.5 Å². The quantitative estimate of drug-likeness (QED) is 0.543. The number of nitrogens with one attached hydrogen (secondary N) is 2. The SMILES string of the molecule is COc1ccc(C(=O)N/N=C(\C)CC(=O)Nc2cc(Cl)ccc2C)c(OC)c1. The van der Waals surface area contributed by atoms with Crippen LogP contribution in [0.1, 0.15) is 29.3 Å². The van der Waals surface area contributed by atoms with E-state index in [0.717, 1.165) is 5.56 Å². The number of carbonyl (C=O) groups excluding carboxylic acids is 2. The summed E-state index contributed by atoms with van der Waals surface area (Å²) in [6.45, 7) is 3.52. The van der Waals surface area contributed by atoms with Crippen LogP contribution in [-0.4, -0.2) is 31.7 Å². The van der Waals surface area contributed by atoms with Gasteiger partial charge in [-0.3, -0.25) is 9.59 Å². The molecular formula is C20H22ClN3O4. The van der Waals surface area contributed by atoms with Crippen molar-refractivity contribution >= 4 is 34.8 Å². The van der Waals surface area contributed by atoms with Gasteiger partial charge in [0.05, 0.1) is 26.2 Å². The molecule has 2 aromatic rings. The molecule has 148 valence electrons. The van der Waals surface area contributed by atoms with Gasteiger partial charge in [0, 0.05) is 22.5 Å². The monoisotopic (exact) mass is 403 g/mol. The van der Waals surface area contributed by atoms with Crippen LogP contribution < -0.4 is 20.2 Å². The minimum absolute atomic E-state index is 0.0198. The number of hydrazone groups is 1. The van der Waals surface area contributed by atoms with Gasteiger partial charge < -0.3 is 14.8 Å². The Morgan fingerprint density at radius 3 is 2.54 bits per heavy atom. The van der Waals surface area contributed by atoms with Crippen molar-refractivity contribution < 1.29 is 19.1 Å². The van der Waals surface area contributed by atoms with Crippen LogP contribution in [-0.2, 0) is 4.79 Å². The van der Waals surface area contributed by atoms with Gasteiger partial charge in [0.25, 0.3) is 5.91 Å². The normalized spacial score (nSPS) is 11.0. The molecule has 0 radical (unpaired) electrons. The molecule has 0 heterocycles. The molecule has 0 aliphatic carbocycles. The molecule has 2 rings (SSSR count). The summed E-state index contributed by atoms with van der Waals surface area (Å²) in [5.41, 5.74) is 4.71. The Morgan fingerprint density at radius 1 is 1.11 bits per heavy atom. The van der Waals surface area contributed by atoms with Gasteiger partial charge in [-0.1, -0.05) is 17.7 Å². The van der Waals surface area contributed by atoms with Gasteiger partial charge in [-0.15, -0.1) is 0 Å². The lowest BCUT2D eigenvalue weighted by atomic mass is 10.2. The number of hydrogen-bond acceptors (Lipinski definition) is 5. The average molecular weight is 404 g/mol. The molecule has 2 amide bonds. The first-order chi connectivity index (χ1) is 13.3. The standard InChI is InChI=1S/C20H22ClN3O4/c1-12-5-6-14(21)10-17(12)22-19(25)9-13(2)23-24-20(26)16-8-7-15(27-3)11-18(16)28-4/h5-8,10-11H,9H2,1-4H3,(H,22,25)(H,24,26)/b23-13+. The Balaban J connectivity index is 1.99. The summed E-state index contributed by atoms with van der Waals surface area (Å²) >= 11 is 5.95. The number of benzene rings is 2. The van der Waals surface area contributed by atoms with Gasteiger partial charge in [0.15, 0.2) is 0 Å². The third kappa shape index (κ3) is 5.72. The fraction of sp³-hybridized carbons (Fsp3) is 0.250. The summed E-state index contributed by atoms with van der Waals surface area (Å²) < 4.78 is 10.3. The van der Waals surface area contributed by atoms with E-state index in [1.54, 1.807) is 37.3 Å². The summed E-state index contributed by atoms with van der Waals surface area (Å²) in [5, 5.41) is 7.30. The Hall–Kier alpha value is -3.06. The maximum atomic E-state index is 12.3. The molecular weight excluding hydrogens is 382 g/mol. The number of carbonyl (C=O) groups is 2. The van der Waals surface area contributed by atoms with Crippen molar-refractivity contribution in [1.82, 2.24) is 5.43 Å². The van der Waals surface area contributed by atoms with E-state index in [-0.39, 0.29) is 12.3 Å². The van der Waals surface area contributed by atoms with Crippen molar-refractivity contribution in [3.05, 3.63) is 52.5 Å². The lowest BCUT2D eigenvalue weighted by Gasteiger charge is -2.10. The molecule has 0 saturated carbocycles. The van der Waals surface area contributed by atoms with Crippen LogP contribution >= 0.6 is 11.6 Å². The number of amides is 2. The Bertz CT molecular complexity index is 912. The minimum Gasteiger partial charge on any atom is -0.497 e. The van der Waals surface area contributed by atoms with E-state index in [4.69, 9.17) is 21.1 Å². The van der Waals surface area contributed by atoms with Crippen molar-refractivity contribution in [2.75, 3.05) is 19.5 Å². The van der Waals surface area contributed by atoms with Crippen molar-refractivity contribution in [3.63, 3.8) is 0 Å². The predicted molar refractivity (Wildman–Crippen MR) is 110 cm³/mol. The number of ether oxygens (including phenoxy) is 2. The summed E-state index contributed by atoms with van der Waals surface area (Å²) in [6, 6.07) is 10.1. The van der Waals surface area contributed by atoms with E-state index in [0.29, 0.717) is 33.5 Å². The molecule has 0 spiro atoms. The molecule has 0 aliphatic heterocycles. The second-order valence-corrected chi connectivity index (χ2v) is 6.47. The number of anilines is 1. The molecule has 0 saturated heterocycles. The first-order valence-electron chi connectivity index (χ1n) is 8.45. The van der Waals surface area contributed by atoms with E-state index < -0.39 is 5.91 Å². The zero-order chi connectivity index (χ0) is 20.7. The van der Waals surface area contributed by atoms with Crippen molar-refractivity contribution in [2.24, 2.45) is 5.10 Å². The molecule has 8 heteroatoms. The third-order valence-electron chi connectivity index (χ3n) is 3.89. The average Bonchev–Trinajstić information content (AvgIpc) is 2.68. The van der Waals surface area contributed by atoms with Gasteiger partial charge in [0.1, 0.15) is 11.5 Å². The summed E-state index contributed by atoms with van der Waals surface area (Å²) in [5.74, 6) is 0.216.